The van der Waals surface area contributed by atoms with Crippen molar-refractivity contribution in [1.29, 1.82) is 0 Å². The van der Waals surface area contributed by atoms with Crippen LogP contribution in [0.2, 0.25) is 5.02 Å². The molecule has 1 aliphatic rings. The van der Waals surface area contributed by atoms with E-state index >= 15 is 0 Å². The summed E-state index contributed by atoms with van der Waals surface area (Å²) in [5.74, 6) is 0.925. The molecule has 102 valence electrons. The number of aromatic nitrogens is 2. The van der Waals surface area contributed by atoms with Gasteiger partial charge in [0.05, 0.1) is 11.0 Å². The Morgan fingerprint density at radius 1 is 1.47 bits per heavy atom. The maximum Gasteiger partial charge on any atom is 0.136 e. The van der Waals surface area contributed by atoms with Crippen LogP contribution in [-0.4, -0.2) is 23.6 Å². The van der Waals surface area contributed by atoms with Crippen molar-refractivity contribution in [1.82, 2.24) is 15.3 Å². The predicted molar refractivity (Wildman–Crippen MR) is 76.4 cm³/mol. The van der Waals surface area contributed by atoms with E-state index in [2.05, 4.69) is 10.3 Å². The number of hydrogen-bond acceptors (Lipinski definition) is 3. The first-order valence-electron chi connectivity index (χ1n) is 6.72. The summed E-state index contributed by atoms with van der Waals surface area (Å²) in [5, 5.41) is 3.88. The van der Waals surface area contributed by atoms with Crippen LogP contribution >= 0.6 is 11.6 Å². The van der Waals surface area contributed by atoms with Gasteiger partial charge in [-0.15, -0.1) is 0 Å². The predicted octanol–water partition coefficient (Wildman–Crippen LogP) is 3.18. The highest BCUT2D eigenvalue weighted by Crippen LogP contribution is 2.29. The molecule has 1 fully saturated rings. The molecule has 3 rings (SSSR count). The Labute approximate surface area is 117 Å². The Morgan fingerprint density at radius 3 is 3.11 bits per heavy atom. The summed E-state index contributed by atoms with van der Waals surface area (Å²) in [7, 11) is 1.92. The molecule has 1 unspecified atom stereocenters. The molecule has 1 aliphatic heterocycles. The highest BCUT2D eigenvalue weighted by molar-refractivity contribution is 6.31. The average molecular weight is 280 g/mol. The molecule has 0 amide bonds. The van der Waals surface area contributed by atoms with Gasteiger partial charge in [0.25, 0.3) is 0 Å². The first kappa shape index (κ1) is 12.9. The molecule has 0 bridgehead atoms. The van der Waals surface area contributed by atoms with Crippen molar-refractivity contribution in [2.45, 2.75) is 31.9 Å². The van der Waals surface area contributed by atoms with Gasteiger partial charge in [-0.2, -0.15) is 0 Å². The Bertz CT molecular complexity index is 575. The molecule has 1 atom stereocenters. The molecule has 0 aliphatic carbocycles. The monoisotopic (exact) mass is 279 g/mol. The normalized spacial score (nSPS) is 20.0. The fraction of sp³-hybridized carbons (Fsp3) is 0.500. The van der Waals surface area contributed by atoms with Crippen LogP contribution in [0.3, 0.4) is 0 Å². The van der Waals surface area contributed by atoms with Gasteiger partial charge in [0.2, 0.25) is 0 Å². The standard InChI is InChI=1S/C14H18ClN3O/c1-16-8-9-6-10(15)7-11-13(9)18-14(17-11)12-4-2-3-5-19-12/h6-7,12,16H,2-5,8H2,1H3,(H,17,18). The van der Waals surface area contributed by atoms with E-state index in [9.17, 15) is 0 Å². The maximum absolute atomic E-state index is 6.15. The molecule has 0 saturated carbocycles. The lowest BCUT2D eigenvalue weighted by molar-refractivity contribution is 0.0101. The van der Waals surface area contributed by atoms with Crippen LogP contribution in [0.25, 0.3) is 11.0 Å². The summed E-state index contributed by atoms with van der Waals surface area (Å²) in [6.45, 7) is 1.58. The van der Waals surface area contributed by atoms with E-state index in [0.717, 1.165) is 53.4 Å². The van der Waals surface area contributed by atoms with E-state index in [-0.39, 0.29) is 6.10 Å². The summed E-state index contributed by atoms with van der Waals surface area (Å²) >= 11 is 6.15. The number of imidazole rings is 1. The van der Waals surface area contributed by atoms with Crippen molar-refractivity contribution in [2.24, 2.45) is 0 Å². The lowest BCUT2D eigenvalue weighted by atomic mass is 10.1. The average Bonchev–Trinajstić information content (AvgIpc) is 2.84. The number of halogens is 1. The third-order valence-corrected chi connectivity index (χ3v) is 3.72. The van der Waals surface area contributed by atoms with Gasteiger partial charge in [-0.1, -0.05) is 11.6 Å². The fourth-order valence-corrected chi connectivity index (χ4v) is 2.84. The third-order valence-electron chi connectivity index (χ3n) is 3.50. The van der Waals surface area contributed by atoms with Crippen LogP contribution < -0.4 is 5.32 Å². The number of benzene rings is 1. The molecule has 0 radical (unpaired) electrons. The zero-order chi connectivity index (χ0) is 13.2. The van der Waals surface area contributed by atoms with Crippen LogP contribution in [0.1, 0.15) is 36.8 Å². The molecular weight excluding hydrogens is 262 g/mol. The second-order valence-electron chi connectivity index (χ2n) is 4.97. The second-order valence-corrected chi connectivity index (χ2v) is 5.41. The SMILES string of the molecule is CNCc1cc(Cl)cc2[nH]c(C3CCCCO3)nc12. The Hall–Kier alpha value is -1.10. The van der Waals surface area contributed by atoms with E-state index in [1.54, 1.807) is 0 Å². The molecule has 19 heavy (non-hydrogen) atoms. The van der Waals surface area contributed by atoms with Crippen molar-refractivity contribution in [3.8, 4) is 0 Å². The quantitative estimate of drug-likeness (QED) is 0.907. The first-order chi connectivity index (χ1) is 9.28. The van der Waals surface area contributed by atoms with Crippen LogP contribution in [0, 0.1) is 0 Å². The lowest BCUT2D eigenvalue weighted by Gasteiger charge is -2.20. The largest absolute Gasteiger partial charge is 0.370 e. The zero-order valence-corrected chi connectivity index (χ0v) is 11.8. The lowest BCUT2D eigenvalue weighted by Crippen LogP contribution is -2.12. The highest BCUT2D eigenvalue weighted by atomic mass is 35.5. The smallest absolute Gasteiger partial charge is 0.136 e. The third kappa shape index (κ3) is 2.61. The maximum atomic E-state index is 6.15. The zero-order valence-electron chi connectivity index (χ0n) is 11.0. The van der Waals surface area contributed by atoms with Crippen molar-refractivity contribution >= 4 is 22.6 Å². The van der Waals surface area contributed by atoms with Crippen molar-refractivity contribution in [3.63, 3.8) is 0 Å². The number of nitrogens with one attached hydrogen (secondary N) is 2. The Kier molecular flexibility index (Phi) is 3.73. The van der Waals surface area contributed by atoms with E-state index in [1.165, 1.54) is 6.42 Å². The number of fused-ring (bicyclic) bond motifs is 1. The first-order valence-corrected chi connectivity index (χ1v) is 7.10. The van der Waals surface area contributed by atoms with Crippen LogP contribution in [0.4, 0.5) is 0 Å². The molecule has 0 spiro atoms. The molecule has 4 nitrogen and oxygen atoms in total. The van der Waals surface area contributed by atoms with Crippen molar-refractivity contribution in [2.75, 3.05) is 13.7 Å². The number of aromatic amines is 1. The van der Waals surface area contributed by atoms with E-state index in [1.807, 2.05) is 19.2 Å². The summed E-state index contributed by atoms with van der Waals surface area (Å²) in [6.07, 6.45) is 3.48. The highest BCUT2D eigenvalue weighted by Gasteiger charge is 2.20. The van der Waals surface area contributed by atoms with E-state index in [4.69, 9.17) is 21.3 Å². The number of nitrogens with zero attached hydrogens (tertiary/aromatic N) is 1. The van der Waals surface area contributed by atoms with Crippen molar-refractivity contribution < 1.29 is 4.74 Å². The van der Waals surface area contributed by atoms with Crippen molar-refractivity contribution in [3.05, 3.63) is 28.5 Å². The Balaban J connectivity index is 2.01. The number of hydrogen-bond donors (Lipinski definition) is 2. The van der Waals surface area contributed by atoms with Crippen LogP contribution in [0.15, 0.2) is 12.1 Å². The molecule has 1 aromatic carbocycles. The summed E-state index contributed by atoms with van der Waals surface area (Å²) in [6, 6.07) is 3.89. The Morgan fingerprint density at radius 2 is 2.37 bits per heavy atom. The van der Waals surface area contributed by atoms with Gasteiger partial charge in [-0.3, -0.25) is 0 Å². The van der Waals surface area contributed by atoms with Gasteiger partial charge in [-0.05, 0) is 44.0 Å². The summed E-state index contributed by atoms with van der Waals surface area (Å²) in [5.41, 5.74) is 3.09. The van der Waals surface area contributed by atoms with Gasteiger partial charge in [0, 0.05) is 18.2 Å². The second kappa shape index (κ2) is 5.49. The fourth-order valence-electron chi connectivity index (χ4n) is 2.60. The van der Waals surface area contributed by atoms with E-state index in [0.29, 0.717) is 0 Å². The minimum Gasteiger partial charge on any atom is -0.370 e. The topological polar surface area (TPSA) is 49.9 Å². The molecule has 2 aromatic rings. The van der Waals surface area contributed by atoms with Gasteiger partial charge >= 0.3 is 0 Å². The minimum absolute atomic E-state index is 0.0994. The number of rotatable bonds is 3. The molecule has 5 heteroatoms. The molecular formula is C14H18ClN3O. The summed E-state index contributed by atoms with van der Waals surface area (Å²) in [4.78, 5) is 8.07. The van der Waals surface area contributed by atoms with E-state index < -0.39 is 0 Å². The van der Waals surface area contributed by atoms with Gasteiger partial charge in [0.15, 0.2) is 0 Å². The minimum atomic E-state index is 0.0994. The molecule has 1 aromatic heterocycles. The van der Waals surface area contributed by atoms with Gasteiger partial charge < -0.3 is 15.0 Å². The number of ether oxygens (including phenoxy) is 1. The molecule has 2 N–H and O–H groups in total. The molecule has 1 saturated heterocycles. The number of H-pyrrole nitrogens is 1. The van der Waals surface area contributed by atoms with Gasteiger partial charge in [0.1, 0.15) is 11.9 Å². The van der Waals surface area contributed by atoms with Crippen LogP contribution in [0.5, 0.6) is 0 Å². The van der Waals surface area contributed by atoms with Crippen LogP contribution in [-0.2, 0) is 11.3 Å². The van der Waals surface area contributed by atoms with Gasteiger partial charge in [-0.25, -0.2) is 4.98 Å². The molecule has 2 heterocycles. The summed E-state index contributed by atoms with van der Waals surface area (Å²) < 4.78 is 5.78.